The van der Waals surface area contributed by atoms with Gasteiger partial charge in [0, 0.05) is 36.1 Å². The van der Waals surface area contributed by atoms with Crippen molar-refractivity contribution >= 4 is 5.91 Å². The van der Waals surface area contributed by atoms with Crippen LogP contribution in [0.25, 0.3) is 17.2 Å². The van der Waals surface area contributed by atoms with E-state index in [2.05, 4.69) is 15.3 Å². The maximum Gasteiger partial charge on any atom is 0.251 e. The SMILES string of the molecule is CC(C)c1nc(-c2nccn2-c2ccc3c(c2)C(=O)NCC3)co1. The van der Waals surface area contributed by atoms with Gasteiger partial charge < -0.3 is 9.73 Å². The van der Waals surface area contributed by atoms with Crippen LogP contribution in [0.15, 0.2) is 41.3 Å². The van der Waals surface area contributed by atoms with Crippen LogP contribution >= 0.6 is 0 Å². The monoisotopic (exact) mass is 322 g/mol. The lowest BCUT2D eigenvalue weighted by Crippen LogP contribution is -2.31. The van der Waals surface area contributed by atoms with Crippen LogP contribution in [0.4, 0.5) is 0 Å². The van der Waals surface area contributed by atoms with E-state index in [-0.39, 0.29) is 11.8 Å². The second-order valence-corrected chi connectivity index (χ2v) is 6.19. The molecule has 122 valence electrons. The third kappa shape index (κ3) is 2.40. The fraction of sp³-hybridized carbons (Fsp3) is 0.278. The van der Waals surface area contributed by atoms with Crippen LogP contribution in [0.1, 0.15) is 41.6 Å². The third-order valence-corrected chi connectivity index (χ3v) is 4.18. The molecule has 0 aliphatic carbocycles. The highest BCUT2D eigenvalue weighted by Gasteiger charge is 2.19. The van der Waals surface area contributed by atoms with Crippen LogP contribution < -0.4 is 5.32 Å². The van der Waals surface area contributed by atoms with E-state index in [0.717, 1.165) is 23.2 Å². The highest BCUT2D eigenvalue weighted by atomic mass is 16.3. The van der Waals surface area contributed by atoms with E-state index < -0.39 is 0 Å². The average molecular weight is 322 g/mol. The first-order chi connectivity index (χ1) is 11.6. The Morgan fingerprint density at radius 1 is 1.33 bits per heavy atom. The van der Waals surface area contributed by atoms with Crippen LogP contribution in [-0.4, -0.2) is 27.0 Å². The highest BCUT2D eigenvalue weighted by Crippen LogP contribution is 2.25. The number of fused-ring (bicyclic) bond motifs is 1. The van der Waals surface area contributed by atoms with E-state index >= 15 is 0 Å². The topological polar surface area (TPSA) is 73.0 Å². The lowest BCUT2D eigenvalue weighted by Gasteiger charge is -2.17. The minimum atomic E-state index is -0.0247. The van der Waals surface area contributed by atoms with Crippen LogP contribution in [0.5, 0.6) is 0 Å². The first-order valence-corrected chi connectivity index (χ1v) is 8.04. The van der Waals surface area contributed by atoms with Crippen LogP contribution in [-0.2, 0) is 6.42 Å². The second kappa shape index (κ2) is 5.63. The molecule has 1 aliphatic heterocycles. The zero-order valence-electron chi connectivity index (χ0n) is 13.6. The fourth-order valence-corrected chi connectivity index (χ4v) is 2.91. The van der Waals surface area contributed by atoms with E-state index in [9.17, 15) is 4.79 Å². The zero-order valence-corrected chi connectivity index (χ0v) is 13.6. The van der Waals surface area contributed by atoms with Gasteiger partial charge in [-0.3, -0.25) is 9.36 Å². The fourth-order valence-electron chi connectivity index (χ4n) is 2.91. The normalized spacial score (nSPS) is 13.9. The van der Waals surface area contributed by atoms with Gasteiger partial charge in [-0.25, -0.2) is 9.97 Å². The van der Waals surface area contributed by atoms with Crippen LogP contribution in [0.3, 0.4) is 0 Å². The summed E-state index contributed by atoms with van der Waals surface area (Å²) in [6, 6.07) is 5.92. The molecule has 24 heavy (non-hydrogen) atoms. The molecule has 3 heterocycles. The summed E-state index contributed by atoms with van der Waals surface area (Å²) in [7, 11) is 0. The van der Waals surface area contributed by atoms with E-state index in [4.69, 9.17) is 4.42 Å². The molecule has 1 aromatic carbocycles. The number of nitrogens with one attached hydrogen (secondary N) is 1. The number of hydrogen-bond acceptors (Lipinski definition) is 4. The van der Waals surface area contributed by atoms with Crippen molar-refractivity contribution in [3.05, 3.63) is 53.9 Å². The summed E-state index contributed by atoms with van der Waals surface area (Å²) in [4.78, 5) is 21.0. The van der Waals surface area contributed by atoms with Gasteiger partial charge in [0.25, 0.3) is 5.91 Å². The van der Waals surface area contributed by atoms with Crippen molar-refractivity contribution in [3.8, 4) is 17.2 Å². The number of aromatic nitrogens is 3. The van der Waals surface area contributed by atoms with Gasteiger partial charge in [0.05, 0.1) is 0 Å². The maximum absolute atomic E-state index is 12.1. The molecule has 0 radical (unpaired) electrons. The smallest absolute Gasteiger partial charge is 0.251 e. The number of hydrogen-bond donors (Lipinski definition) is 1. The first-order valence-electron chi connectivity index (χ1n) is 8.04. The van der Waals surface area contributed by atoms with Gasteiger partial charge in [-0.15, -0.1) is 0 Å². The molecule has 0 saturated heterocycles. The summed E-state index contributed by atoms with van der Waals surface area (Å²) in [6.45, 7) is 4.76. The summed E-state index contributed by atoms with van der Waals surface area (Å²) in [5, 5.41) is 2.88. The molecule has 0 spiro atoms. The predicted molar refractivity (Wildman–Crippen MR) is 89.2 cm³/mol. The van der Waals surface area contributed by atoms with Gasteiger partial charge in [-0.2, -0.15) is 0 Å². The van der Waals surface area contributed by atoms with Gasteiger partial charge in [0.15, 0.2) is 11.7 Å². The number of carbonyl (C=O) groups is 1. The Morgan fingerprint density at radius 2 is 2.21 bits per heavy atom. The third-order valence-electron chi connectivity index (χ3n) is 4.18. The van der Waals surface area contributed by atoms with Crippen molar-refractivity contribution in [2.24, 2.45) is 0 Å². The molecule has 6 nitrogen and oxygen atoms in total. The molecular formula is C18H18N4O2. The minimum Gasteiger partial charge on any atom is -0.448 e. The molecule has 0 fully saturated rings. The van der Waals surface area contributed by atoms with Crippen molar-refractivity contribution in [1.82, 2.24) is 19.9 Å². The van der Waals surface area contributed by atoms with Crippen LogP contribution in [0.2, 0.25) is 0 Å². The average Bonchev–Trinajstić information content (AvgIpc) is 3.24. The Labute approximate surface area is 139 Å². The lowest BCUT2D eigenvalue weighted by molar-refractivity contribution is 0.0946. The number of rotatable bonds is 3. The molecular weight excluding hydrogens is 304 g/mol. The molecule has 4 rings (SSSR count). The lowest BCUT2D eigenvalue weighted by atomic mass is 10.00. The van der Waals surface area contributed by atoms with Crippen molar-refractivity contribution in [1.29, 1.82) is 0 Å². The molecule has 6 heteroatoms. The quantitative estimate of drug-likeness (QED) is 0.804. The summed E-state index contributed by atoms with van der Waals surface area (Å²) in [6.07, 6.45) is 6.07. The largest absolute Gasteiger partial charge is 0.448 e. The van der Waals surface area contributed by atoms with Crippen molar-refractivity contribution in [2.75, 3.05) is 6.54 Å². The summed E-state index contributed by atoms with van der Waals surface area (Å²) >= 11 is 0. The standard InChI is InChI=1S/C18H18N4O2/c1-11(2)18-21-15(10-24-18)16-19-7-8-22(16)13-4-3-12-5-6-20-17(23)14(12)9-13/h3-4,7-11H,5-6H2,1-2H3,(H,20,23). The molecule has 1 aliphatic rings. The van der Waals surface area contributed by atoms with Crippen LogP contribution in [0, 0.1) is 0 Å². The highest BCUT2D eigenvalue weighted by molar-refractivity contribution is 5.97. The van der Waals surface area contributed by atoms with Crippen molar-refractivity contribution in [3.63, 3.8) is 0 Å². The number of oxazole rings is 1. The van der Waals surface area contributed by atoms with Gasteiger partial charge in [-0.05, 0) is 24.1 Å². The second-order valence-electron chi connectivity index (χ2n) is 6.19. The molecule has 0 bridgehead atoms. The number of nitrogens with zero attached hydrogens (tertiary/aromatic N) is 3. The molecule has 0 atom stereocenters. The number of imidazole rings is 1. The molecule has 0 saturated carbocycles. The van der Waals surface area contributed by atoms with Gasteiger partial charge >= 0.3 is 0 Å². The number of benzene rings is 1. The Hall–Kier alpha value is -2.89. The Balaban J connectivity index is 1.77. The van der Waals surface area contributed by atoms with Gasteiger partial charge in [0.2, 0.25) is 0 Å². The molecule has 0 unspecified atom stereocenters. The Morgan fingerprint density at radius 3 is 3.00 bits per heavy atom. The van der Waals surface area contributed by atoms with Gasteiger partial charge in [0.1, 0.15) is 12.0 Å². The van der Waals surface area contributed by atoms with Crippen molar-refractivity contribution in [2.45, 2.75) is 26.2 Å². The molecule has 2 aromatic heterocycles. The maximum atomic E-state index is 12.1. The van der Waals surface area contributed by atoms with E-state index in [1.54, 1.807) is 12.5 Å². The Bertz CT molecular complexity index is 907. The number of amides is 1. The summed E-state index contributed by atoms with van der Waals surface area (Å²) in [5.41, 5.74) is 3.37. The zero-order chi connectivity index (χ0) is 16.7. The first kappa shape index (κ1) is 14.7. The molecule has 1 amide bonds. The van der Waals surface area contributed by atoms with E-state index in [1.165, 1.54) is 0 Å². The predicted octanol–water partition coefficient (Wildman–Crippen LogP) is 2.94. The molecule has 3 aromatic rings. The number of carbonyl (C=O) groups excluding carboxylic acids is 1. The summed E-state index contributed by atoms with van der Waals surface area (Å²) < 4.78 is 7.44. The summed E-state index contributed by atoms with van der Waals surface area (Å²) in [5.74, 6) is 1.57. The molecule has 1 N–H and O–H groups in total. The Kier molecular flexibility index (Phi) is 3.45. The van der Waals surface area contributed by atoms with Gasteiger partial charge in [-0.1, -0.05) is 19.9 Å². The minimum absolute atomic E-state index is 0.0247. The van der Waals surface area contributed by atoms with E-state index in [0.29, 0.717) is 24.0 Å². The van der Waals surface area contributed by atoms with Crippen molar-refractivity contribution < 1.29 is 9.21 Å². The van der Waals surface area contributed by atoms with E-state index in [1.807, 2.05) is 42.8 Å².